The van der Waals surface area contributed by atoms with Crippen molar-refractivity contribution in [1.82, 2.24) is 4.90 Å². The van der Waals surface area contributed by atoms with Gasteiger partial charge in [0.2, 0.25) is 0 Å². The maximum atomic E-state index is 12.9. The molecular weight excluding hydrogens is 193 g/mol. The molecule has 5 heteroatoms. The first-order chi connectivity index (χ1) is 6.57. The molecule has 84 valence electrons. The quantitative estimate of drug-likeness (QED) is 0.757. The molecule has 0 unspecified atom stereocenters. The van der Waals surface area contributed by atoms with Crippen LogP contribution >= 0.6 is 0 Å². The van der Waals surface area contributed by atoms with Crippen LogP contribution < -0.4 is 5.73 Å². The van der Waals surface area contributed by atoms with Gasteiger partial charge in [-0.1, -0.05) is 0 Å². The fourth-order valence-corrected chi connectivity index (χ4v) is 1.69. The molecule has 0 atom stereocenters. The van der Waals surface area contributed by atoms with E-state index in [-0.39, 0.29) is 19.1 Å². The summed E-state index contributed by atoms with van der Waals surface area (Å²) in [7, 11) is 0. The molecule has 1 heterocycles. The lowest BCUT2D eigenvalue weighted by molar-refractivity contribution is -0.0313. The monoisotopic (exact) mass is 210 g/mol. The van der Waals surface area contributed by atoms with Gasteiger partial charge in [-0.25, -0.2) is 8.78 Å². The van der Waals surface area contributed by atoms with Crippen molar-refractivity contribution >= 4 is 0 Å². The number of rotatable bonds is 4. The van der Waals surface area contributed by atoms with Crippen LogP contribution in [0, 0.1) is 5.92 Å². The highest BCUT2D eigenvalue weighted by Crippen LogP contribution is 2.21. The van der Waals surface area contributed by atoms with Crippen molar-refractivity contribution in [3.05, 3.63) is 0 Å². The van der Waals surface area contributed by atoms with Crippen molar-refractivity contribution in [2.45, 2.75) is 18.8 Å². The van der Waals surface area contributed by atoms with Crippen LogP contribution in [0.1, 0.15) is 12.8 Å². The summed E-state index contributed by atoms with van der Waals surface area (Å²) in [5.41, 5.74) is 4.94. The van der Waals surface area contributed by atoms with E-state index in [0.717, 1.165) is 0 Å². The summed E-state index contributed by atoms with van der Waals surface area (Å²) in [5, 5.41) is 0. The molecular formula is C9H17F3N2. The van der Waals surface area contributed by atoms with E-state index in [1.807, 2.05) is 0 Å². The van der Waals surface area contributed by atoms with E-state index in [0.29, 0.717) is 25.9 Å². The number of hydrogen-bond acceptors (Lipinski definition) is 2. The smallest absolute Gasteiger partial charge is 0.272 e. The van der Waals surface area contributed by atoms with Gasteiger partial charge in [0.15, 0.2) is 0 Å². The van der Waals surface area contributed by atoms with Gasteiger partial charge < -0.3 is 5.73 Å². The number of nitrogens with two attached hydrogens (primary N) is 1. The van der Waals surface area contributed by atoms with Gasteiger partial charge in [-0.15, -0.1) is 0 Å². The van der Waals surface area contributed by atoms with Crippen molar-refractivity contribution in [1.29, 1.82) is 0 Å². The van der Waals surface area contributed by atoms with Crippen molar-refractivity contribution in [2.75, 3.05) is 32.9 Å². The van der Waals surface area contributed by atoms with E-state index in [1.165, 1.54) is 0 Å². The lowest BCUT2D eigenvalue weighted by atomic mass is 9.98. The third-order valence-electron chi connectivity index (χ3n) is 2.68. The highest BCUT2D eigenvalue weighted by atomic mass is 19.3. The zero-order valence-corrected chi connectivity index (χ0v) is 8.19. The Kier molecular flexibility index (Phi) is 4.19. The van der Waals surface area contributed by atoms with Crippen LogP contribution in [0.15, 0.2) is 0 Å². The summed E-state index contributed by atoms with van der Waals surface area (Å²) < 4.78 is 38.0. The van der Waals surface area contributed by atoms with Crippen LogP contribution in [-0.4, -0.2) is 43.7 Å². The number of piperidine rings is 1. The SMILES string of the molecule is NCC(F)(F)CN1CCC(CF)CC1. The molecule has 14 heavy (non-hydrogen) atoms. The molecule has 0 aromatic rings. The van der Waals surface area contributed by atoms with Gasteiger partial charge in [-0.2, -0.15) is 0 Å². The Morgan fingerprint density at radius 2 is 1.86 bits per heavy atom. The number of halogens is 3. The molecule has 1 aliphatic heterocycles. The Morgan fingerprint density at radius 3 is 2.29 bits per heavy atom. The van der Waals surface area contributed by atoms with Gasteiger partial charge in [0.1, 0.15) is 0 Å². The molecule has 1 fully saturated rings. The normalized spacial score (nSPS) is 21.4. The first-order valence-electron chi connectivity index (χ1n) is 4.93. The largest absolute Gasteiger partial charge is 0.325 e. The molecule has 0 bridgehead atoms. The number of hydrogen-bond donors (Lipinski definition) is 1. The molecule has 0 aliphatic carbocycles. The van der Waals surface area contributed by atoms with Gasteiger partial charge in [-0.3, -0.25) is 9.29 Å². The lowest BCUT2D eigenvalue weighted by Gasteiger charge is -2.32. The minimum Gasteiger partial charge on any atom is -0.325 e. The standard InChI is InChI=1S/C9H17F3N2/c10-5-8-1-3-14(4-2-8)7-9(11,12)6-13/h8H,1-7,13H2. The molecule has 0 spiro atoms. The molecule has 0 aromatic heterocycles. The average Bonchev–Trinajstić information content (AvgIpc) is 2.19. The zero-order chi connectivity index (χ0) is 10.6. The van der Waals surface area contributed by atoms with Crippen LogP contribution in [0.3, 0.4) is 0 Å². The lowest BCUT2D eigenvalue weighted by Crippen LogP contribution is -2.45. The van der Waals surface area contributed by atoms with Crippen molar-refractivity contribution in [3.8, 4) is 0 Å². The Hall–Kier alpha value is -0.290. The van der Waals surface area contributed by atoms with E-state index in [1.54, 1.807) is 4.90 Å². The molecule has 1 aliphatic rings. The van der Waals surface area contributed by atoms with E-state index in [4.69, 9.17) is 5.73 Å². The third-order valence-corrected chi connectivity index (χ3v) is 2.68. The van der Waals surface area contributed by atoms with Crippen molar-refractivity contribution < 1.29 is 13.2 Å². The fourth-order valence-electron chi connectivity index (χ4n) is 1.69. The number of alkyl halides is 3. The number of nitrogens with zero attached hydrogens (tertiary/aromatic N) is 1. The highest BCUT2D eigenvalue weighted by Gasteiger charge is 2.31. The van der Waals surface area contributed by atoms with Crippen LogP contribution in [0.5, 0.6) is 0 Å². The van der Waals surface area contributed by atoms with Crippen LogP contribution in [0.2, 0.25) is 0 Å². The summed E-state index contributed by atoms with van der Waals surface area (Å²) in [6.45, 7) is -0.117. The zero-order valence-electron chi connectivity index (χ0n) is 8.19. The van der Waals surface area contributed by atoms with E-state index in [9.17, 15) is 13.2 Å². The Bertz CT molecular complexity index is 167. The molecule has 1 rings (SSSR count). The van der Waals surface area contributed by atoms with E-state index < -0.39 is 12.5 Å². The predicted octanol–water partition coefficient (Wildman–Crippen LogP) is 1.26. The number of likely N-dealkylation sites (tertiary alicyclic amines) is 1. The third kappa shape index (κ3) is 3.46. The Balaban J connectivity index is 2.28. The summed E-state index contributed by atoms with van der Waals surface area (Å²) in [6.07, 6.45) is 1.36. The Morgan fingerprint density at radius 1 is 1.29 bits per heavy atom. The summed E-state index contributed by atoms with van der Waals surface area (Å²) >= 11 is 0. The van der Waals surface area contributed by atoms with E-state index >= 15 is 0 Å². The summed E-state index contributed by atoms with van der Waals surface area (Å²) in [6, 6.07) is 0. The van der Waals surface area contributed by atoms with Gasteiger partial charge in [0.05, 0.1) is 19.8 Å². The van der Waals surface area contributed by atoms with Crippen LogP contribution in [0.4, 0.5) is 13.2 Å². The minimum atomic E-state index is -2.80. The maximum Gasteiger partial charge on any atom is 0.272 e. The minimum absolute atomic E-state index is 0.0674. The van der Waals surface area contributed by atoms with Crippen LogP contribution in [-0.2, 0) is 0 Å². The maximum absolute atomic E-state index is 12.9. The molecule has 1 saturated heterocycles. The second-order valence-electron chi connectivity index (χ2n) is 3.93. The van der Waals surface area contributed by atoms with E-state index in [2.05, 4.69) is 0 Å². The van der Waals surface area contributed by atoms with Crippen molar-refractivity contribution in [3.63, 3.8) is 0 Å². The first-order valence-corrected chi connectivity index (χ1v) is 4.93. The topological polar surface area (TPSA) is 29.3 Å². The predicted molar refractivity (Wildman–Crippen MR) is 49.1 cm³/mol. The molecule has 0 amide bonds. The fraction of sp³-hybridized carbons (Fsp3) is 1.00. The second kappa shape index (κ2) is 4.98. The molecule has 2 N–H and O–H groups in total. The first kappa shape index (κ1) is 11.8. The van der Waals surface area contributed by atoms with Gasteiger partial charge in [-0.05, 0) is 31.8 Å². The highest BCUT2D eigenvalue weighted by molar-refractivity contribution is 4.78. The molecule has 0 radical (unpaired) electrons. The van der Waals surface area contributed by atoms with Crippen molar-refractivity contribution in [2.24, 2.45) is 11.7 Å². The van der Waals surface area contributed by atoms with Gasteiger partial charge in [0, 0.05) is 0 Å². The summed E-state index contributed by atoms with van der Waals surface area (Å²) in [5.74, 6) is -2.74. The molecule has 0 saturated carbocycles. The van der Waals surface area contributed by atoms with Gasteiger partial charge >= 0.3 is 0 Å². The second-order valence-corrected chi connectivity index (χ2v) is 3.93. The van der Waals surface area contributed by atoms with Gasteiger partial charge in [0.25, 0.3) is 5.92 Å². The molecule has 2 nitrogen and oxygen atoms in total. The van der Waals surface area contributed by atoms with Crippen LogP contribution in [0.25, 0.3) is 0 Å². The molecule has 0 aromatic carbocycles. The summed E-state index contributed by atoms with van der Waals surface area (Å²) in [4.78, 5) is 1.67. The Labute approximate surface area is 82.2 Å². The average molecular weight is 210 g/mol.